The molecule has 1 nitrogen and oxygen atoms in total. The first kappa shape index (κ1) is 6.41. The Hall–Kier alpha value is -0.300. The van der Waals surface area contributed by atoms with Gasteiger partial charge in [0.2, 0.25) is 0 Å². The molecule has 0 radical (unpaired) electrons. The number of rotatable bonds is 1. The molecule has 3 fully saturated rings. The topological polar surface area (TPSA) is 9.23 Å². The van der Waals surface area contributed by atoms with E-state index in [2.05, 4.69) is 13.5 Å². The molecule has 3 aliphatic rings. The quantitative estimate of drug-likeness (QED) is 0.504. The average Bonchev–Trinajstić information content (AvgIpc) is 1.87. The van der Waals surface area contributed by atoms with Gasteiger partial charge in [0.05, 0.1) is 12.2 Å². The molecule has 0 spiro atoms. The van der Waals surface area contributed by atoms with Gasteiger partial charge < -0.3 is 4.74 Å². The summed E-state index contributed by atoms with van der Waals surface area (Å²) in [5.41, 5.74) is 1.32. The van der Waals surface area contributed by atoms with Gasteiger partial charge in [-0.2, -0.15) is 0 Å². The Balaban J connectivity index is 2.06. The Labute approximate surface area is 62.1 Å². The average molecular weight is 138 g/mol. The van der Waals surface area contributed by atoms with Crippen LogP contribution in [-0.2, 0) is 4.74 Å². The van der Waals surface area contributed by atoms with Crippen LogP contribution in [0.25, 0.3) is 0 Å². The van der Waals surface area contributed by atoms with Crippen LogP contribution >= 0.6 is 0 Å². The molecule has 0 aromatic carbocycles. The highest BCUT2D eigenvalue weighted by molar-refractivity contribution is 5.10. The lowest BCUT2D eigenvalue weighted by Gasteiger charge is -2.49. The molecule has 2 bridgehead atoms. The van der Waals surface area contributed by atoms with E-state index in [1.165, 1.54) is 24.8 Å². The fourth-order valence-corrected chi connectivity index (χ4v) is 2.19. The highest BCUT2D eigenvalue weighted by atomic mass is 16.5. The maximum absolute atomic E-state index is 5.59. The van der Waals surface area contributed by atoms with Gasteiger partial charge >= 0.3 is 0 Å². The van der Waals surface area contributed by atoms with Crippen LogP contribution in [-0.4, -0.2) is 12.2 Å². The SMILES string of the molecule is C=C(C)C1C2CCCC1O2. The van der Waals surface area contributed by atoms with Crippen molar-refractivity contribution in [2.45, 2.75) is 38.4 Å². The van der Waals surface area contributed by atoms with E-state index in [0.29, 0.717) is 18.1 Å². The minimum Gasteiger partial charge on any atom is -0.374 e. The maximum atomic E-state index is 5.59. The lowest BCUT2D eigenvalue weighted by atomic mass is 9.75. The van der Waals surface area contributed by atoms with Crippen LogP contribution in [0, 0.1) is 5.92 Å². The van der Waals surface area contributed by atoms with Crippen molar-refractivity contribution in [3.05, 3.63) is 12.2 Å². The molecule has 0 aromatic heterocycles. The van der Waals surface area contributed by atoms with E-state index >= 15 is 0 Å². The largest absolute Gasteiger partial charge is 0.374 e. The van der Waals surface area contributed by atoms with Crippen LogP contribution in [0.4, 0.5) is 0 Å². The van der Waals surface area contributed by atoms with Gasteiger partial charge in [0.15, 0.2) is 0 Å². The van der Waals surface area contributed by atoms with Crippen LogP contribution < -0.4 is 0 Å². The first-order valence-electron chi connectivity index (χ1n) is 4.10. The third kappa shape index (κ3) is 0.734. The summed E-state index contributed by atoms with van der Waals surface area (Å²) in [6, 6.07) is 0. The summed E-state index contributed by atoms with van der Waals surface area (Å²) >= 11 is 0. The van der Waals surface area contributed by atoms with E-state index in [4.69, 9.17) is 4.74 Å². The first-order valence-corrected chi connectivity index (χ1v) is 4.10. The van der Waals surface area contributed by atoms with E-state index in [9.17, 15) is 0 Å². The second-order valence-electron chi connectivity index (χ2n) is 3.52. The van der Waals surface area contributed by atoms with Gasteiger partial charge in [-0.25, -0.2) is 0 Å². The Kier molecular flexibility index (Phi) is 1.34. The van der Waals surface area contributed by atoms with Crippen molar-refractivity contribution in [1.29, 1.82) is 0 Å². The van der Waals surface area contributed by atoms with Crippen LogP contribution in [0.3, 0.4) is 0 Å². The van der Waals surface area contributed by atoms with Crippen molar-refractivity contribution >= 4 is 0 Å². The fourth-order valence-electron chi connectivity index (χ4n) is 2.19. The zero-order chi connectivity index (χ0) is 7.14. The van der Waals surface area contributed by atoms with Crippen molar-refractivity contribution in [2.24, 2.45) is 5.92 Å². The second kappa shape index (κ2) is 2.09. The highest BCUT2D eigenvalue weighted by Gasteiger charge is 2.44. The summed E-state index contributed by atoms with van der Waals surface area (Å²) in [5, 5.41) is 0. The van der Waals surface area contributed by atoms with Crippen LogP contribution in [0.15, 0.2) is 12.2 Å². The lowest BCUT2D eigenvalue weighted by Crippen LogP contribution is -2.52. The van der Waals surface area contributed by atoms with Crippen molar-refractivity contribution in [3.63, 3.8) is 0 Å². The molecule has 1 heteroatoms. The van der Waals surface area contributed by atoms with E-state index in [1.54, 1.807) is 0 Å². The van der Waals surface area contributed by atoms with Crippen molar-refractivity contribution < 1.29 is 4.74 Å². The van der Waals surface area contributed by atoms with E-state index in [1.807, 2.05) is 0 Å². The number of hydrogen-bond acceptors (Lipinski definition) is 1. The molecule has 2 saturated heterocycles. The third-order valence-corrected chi connectivity index (χ3v) is 2.70. The normalized spacial score (nSPS) is 44.3. The van der Waals surface area contributed by atoms with E-state index < -0.39 is 0 Å². The van der Waals surface area contributed by atoms with Crippen LogP contribution in [0.1, 0.15) is 26.2 Å². The molecule has 10 heavy (non-hydrogen) atoms. The predicted molar refractivity (Wildman–Crippen MR) is 40.8 cm³/mol. The molecule has 0 N–H and O–H groups in total. The molecule has 0 aromatic rings. The molecule has 2 aliphatic heterocycles. The molecule has 0 amide bonds. The fraction of sp³-hybridized carbons (Fsp3) is 0.778. The zero-order valence-electron chi connectivity index (χ0n) is 6.47. The summed E-state index contributed by atoms with van der Waals surface area (Å²) in [5.74, 6) is 0.703. The number of hydrogen-bond donors (Lipinski definition) is 0. The maximum Gasteiger partial charge on any atom is 0.0669 e. The van der Waals surface area contributed by atoms with Crippen LogP contribution in [0.5, 0.6) is 0 Å². The molecule has 1 aliphatic carbocycles. The summed E-state index contributed by atoms with van der Waals surface area (Å²) in [6.45, 7) is 6.10. The Morgan fingerprint density at radius 2 is 2.00 bits per heavy atom. The predicted octanol–water partition coefficient (Wildman–Crippen LogP) is 2.13. The molecular formula is C9H14O. The first-order chi connectivity index (χ1) is 4.79. The van der Waals surface area contributed by atoms with E-state index in [0.717, 1.165) is 0 Å². The van der Waals surface area contributed by atoms with Crippen molar-refractivity contribution in [1.82, 2.24) is 0 Å². The molecule has 2 atom stereocenters. The van der Waals surface area contributed by atoms with Gasteiger partial charge in [-0.3, -0.25) is 0 Å². The monoisotopic (exact) mass is 138 g/mol. The van der Waals surface area contributed by atoms with Gasteiger partial charge in [-0.15, -0.1) is 0 Å². The highest BCUT2D eigenvalue weighted by Crippen LogP contribution is 2.43. The standard InChI is InChI=1S/C9H14O/c1-6(2)9-7-4-3-5-8(9)10-7/h7-9H,1,3-5H2,2H3. The van der Waals surface area contributed by atoms with Crippen LogP contribution in [0.2, 0.25) is 0 Å². The second-order valence-corrected chi connectivity index (χ2v) is 3.52. The van der Waals surface area contributed by atoms with Gasteiger partial charge in [-0.05, 0) is 26.2 Å². The minimum absolute atomic E-state index is 0.538. The van der Waals surface area contributed by atoms with Gasteiger partial charge in [-0.1, -0.05) is 12.2 Å². The Morgan fingerprint density at radius 3 is 2.30 bits per heavy atom. The molecule has 2 unspecified atom stereocenters. The van der Waals surface area contributed by atoms with Gasteiger partial charge in [0.25, 0.3) is 0 Å². The molecular weight excluding hydrogens is 124 g/mol. The molecule has 56 valence electrons. The van der Waals surface area contributed by atoms with Crippen molar-refractivity contribution in [3.8, 4) is 0 Å². The number of ether oxygens (including phenoxy) is 1. The molecule has 2 heterocycles. The van der Waals surface area contributed by atoms with Gasteiger partial charge in [0, 0.05) is 5.92 Å². The zero-order valence-corrected chi connectivity index (χ0v) is 6.47. The molecule has 3 rings (SSSR count). The molecule has 1 saturated carbocycles. The Morgan fingerprint density at radius 1 is 1.40 bits per heavy atom. The number of fused-ring (bicyclic) bond motifs is 2. The third-order valence-electron chi connectivity index (χ3n) is 2.70. The van der Waals surface area contributed by atoms with Gasteiger partial charge in [0.1, 0.15) is 0 Å². The Bertz CT molecular complexity index is 148. The summed E-state index contributed by atoms with van der Waals surface area (Å²) < 4.78 is 5.59. The summed E-state index contributed by atoms with van der Waals surface area (Å²) in [7, 11) is 0. The summed E-state index contributed by atoms with van der Waals surface area (Å²) in [6.07, 6.45) is 4.95. The minimum atomic E-state index is 0.538. The lowest BCUT2D eigenvalue weighted by molar-refractivity contribution is -0.197. The van der Waals surface area contributed by atoms with Crippen molar-refractivity contribution in [2.75, 3.05) is 0 Å². The van der Waals surface area contributed by atoms with E-state index in [-0.39, 0.29) is 0 Å². The smallest absolute Gasteiger partial charge is 0.0669 e. The summed E-state index contributed by atoms with van der Waals surface area (Å²) in [4.78, 5) is 0.